The lowest BCUT2D eigenvalue weighted by Crippen LogP contribution is -1.95. The highest BCUT2D eigenvalue weighted by Gasteiger charge is 1.99. The molecule has 1 heteroatoms. The van der Waals surface area contributed by atoms with Crippen LogP contribution in [0.25, 0.3) is 0 Å². The van der Waals surface area contributed by atoms with Crippen LogP contribution < -0.4 is 0 Å². The van der Waals surface area contributed by atoms with Gasteiger partial charge in [0.2, 0.25) is 0 Å². The third-order valence-corrected chi connectivity index (χ3v) is 1.93. The Balaban J connectivity index is 0. The molecule has 64 valence electrons. The standard InChI is InChI=1S/C9H20.H2O/c1-5-9(4)7-6-8(2)3;/h8-9H,5-7H2,1-4H3;1H2/t9-;/m0./s1. The molecule has 0 aliphatic heterocycles. The van der Waals surface area contributed by atoms with Gasteiger partial charge in [-0.2, -0.15) is 0 Å². The molecule has 0 aliphatic rings. The van der Waals surface area contributed by atoms with Crippen LogP contribution >= 0.6 is 0 Å². The largest absolute Gasteiger partial charge is 0.412 e. The van der Waals surface area contributed by atoms with E-state index < -0.39 is 0 Å². The molecule has 0 radical (unpaired) electrons. The Hall–Kier alpha value is -0.0400. The third-order valence-electron chi connectivity index (χ3n) is 1.93. The quantitative estimate of drug-likeness (QED) is 0.584. The van der Waals surface area contributed by atoms with E-state index in [4.69, 9.17) is 0 Å². The monoisotopic (exact) mass is 146 g/mol. The first kappa shape index (κ1) is 12.6. The molecule has 10 heavy (non-hydrogen) atoms. The maximum atomic E-state index is 2.34. The SMILES string of the molecule is CC[C@H](C)CCC(C)C.O. The van der Waals surface area contributed by atoms with Crippen LogP contribution in [-0.4, -0.2) is 5.48 Å². The molecule has 0 aromatic heterocycles. The van der Waals surface area contributed by atoms with Gasteiger partial charge in [0.1, 0.15) is 0 Å². The van der Waals surface area contributed by atoms with Crippen molar-refractivity contribution in [1.29, 1.82) is 0 Å². The second kappa shape index (κ2) is 7.07. The fourth-order valence-corrected chi connectivity index (χ4v) is 0.822. The maximum Gasteiger partial charge on any atom is -0.0445 e. The van der Waals surface area contributed by atoms with E-state index in [0.29, 0.717) is 0 Å². The number of hydrogen-bond acceptors (Lipinski definition) is 0. The first-order valence-corrected chi connectivity index (χ1v) is 4.16. The molecule has 0 saturated heterocycles. The van der Waals surface area contributed by atoms with Crippen LogP contribution in [0, 0.1) is 11.8 Å². The van der Waals surface area contributed by atoms with Crippen molar-refractivity contribution in [3.05, 3.63) is 0 Å². The van der Waals surface area contributed by atoms with Crippen LogP contribution in [0.3, 0.4) is 0 Å². The van der Waals surface area contributed by atoms with Crippen molar-refractivity contribution in [2.75, 3.05) is 0 Å². The molecule has 2 N–H and O–H groups in total. The second-order valence-electron chi connectivity index (χ2n) is 3.48. The second-order valence-corrected chi connectivity index (χ2v) is 3.48. The molecule has 0 heterocycles. The zero-order chi connectivity index (χ0) is 7.28. The van der Waals surface area contributed by atoms with Crippen molar-refractivity contribution >= 4 is 0 Å². The fourth-order valence-electron chi connectivity index (χ4n) is 0.822. The molecule has 0 amide bonds. The molecule has 0 rings (SSSR count). The molecule has 1 nitrogen and oxygen atoms in total. The van der Waals surface area contributed by atoms with Crippen LogP contribution in [0.2, 0.25) is 0 Å². The maximum absolute atomic E-state index is 2.34. The van der Waals surface area contributed by atoms with E-state index >= 15 is 0 Å². The van der Waals surface area contributed by atoms with Gasteiger partial charge < -0.3 is 5.48 Å². The molecule has 0 saturated carbocycles. The summed E-state index contributed by atoms with van der Waals surface area (Å²) in [6, 6.07) is 0. The van der Waals surface area contributed by atoms with Gasteiger partial charge in [-0.15, -0.1) is 0 Å². The molecule has 0 fully saturated rings. The molecule has 0 unspecified atom stereocenters. The summed E-state index contributed by atoms with van der Waals surface area (Å²) in [5, 5.41) is 0. The molecule has 0 bridgehead atoms. The lowest BCUT2D eigenvalue weighted by molar-refractivity contribution is 0.441. The van der Waals surface area contributed by atoms with Crippen LogP contribution in [-0.2, 0) is 0 Å². The molecule has 0 aromatic carbocycles. The highest BCUT2D eigenvalue weighted by atomic mass is 16.0. The lowest BCUT2D eigenvalue weighted by Gasteiger charge is -2.09. The van der Waals surface area contributed by atoms with Gasteiger partial charge in [0, 0.05) is 0 Å². The van der Waals surface area contributed by atoms with Crippen molar-refractivity contribution < 1.29 is 5.48 Å². The van der Waals surface area contributed by atoms with Gasteiger partial charge >= 0.3 is 0 Å². The van der Waals surface area contributed by atoms with Gasteiger partial charge in [0.15, 0.2) is 0 Å². The van der Waals surface area contributed by atoms with Crippen molar-refractivity contribution in [2.45, 2.75) is 47.0 Å². The van der Waals surface area contributed by atoms with E-state index in [9.17, 15) is 0 Å². The van der Waals surface area contributed by atoms with Crippen LogP contribution in [0.5, 0.6) is 0 Å². The lowest BCUT2D eigenvalue weighted by atomic mass is 9.98. The van der Waals surface area contributed by atoms with Gasteiger partial charge in [-0.05, 0) is 11.8 Å². The van der Waals surface area contributed by atoms with Crippen molar-refractivity contribution in [3.63, 3.8) is 0 Å². The van der Waals surface area contributed by atoms with Crippen molar-refractivity contribution in [2.24, 2.45) is 11.8 Å². The summed E-state index contributed by atoms with van der Waals surface area (Å²) in [6.45, 7) is 9.19. The molecular formula is C9H22O. The van der Waals surface area contributed by atoms with Crippen LogP contribution in [0.1, 0.15) is 47.0 Å². The van der Waals surface area contributed by atoms with E-state index in [1.165, 1.54) is 19.3 Å². The topological polar surface area (TPSA) is 31.5 Å². The Labute approximate surface area is 65.1 Å². The summed E-state index contributed by atoms with van der Waals surface area (Å²) >= 11 is 0. The molecule has 0 aromatic rings. The Bertz CT molecular complexity index is 59.7. The average Bonchev–Trinajstić information content (AvgIpc) is 1.83. The highest BCUT2D eigenvalue weighted by Crippen LogP contribution is 2.13. The minimum Gasteiger partial charge on any atom is -0.412 e. The molecule has 0 spiro atoms. The summed E-state index contributed by atoms with van der Waals surface area (Å²) in [4.78, 5) is 0. The van der Waals surface area contributed by atoms with Crippen molar-refractivity contribution in [1.82, 2.24) is 0 Å². The summed E-state index contributed by atoms with van der Waals surface area (Å²) < 4.78 is 0. The summed E-state index contributed by atoms with van der Waals surface area (Å²) in [7, 11) is 0. The van der Waals surface area contributed by atoms with E-state index in [1.807, 2.05) is 0 Å². The van der Waals surface area contributed by atoms with Crippen LogP contribution in [0.4, 0.5) is 0 Å². The summed E-state index contributed by atoms with van der Waals surface area (Å²) in [5.41, 5.74) is 0. The van der Waals surface area contributed by atoms with Gasteiger partial charge in [-0.25, -0.2) is 0 Å². The Morgan fingerprint density at radius 2 is 1.50 bits per heavy atom. The van der Waals surface area contributed by atoms with E-state index in [1.54, 1.807) is 0 Å². The first-order chi connectivity index (χ1) is 4.16. The third kappa shape index (κ3) is 7.96. The minimum absolute atomic E-state index is 0. The molecule has 0 aliphatic carbocycles. The first-order valence-electron chi connectivity index (χ1n) is 4.16. The Morgan fingerprint density at radius 1 is 1.00 bits per heavy atom. The normalized spacial score (nSPS) is 12.9. The van der Waals surface area contributed by atoms with E-state index in [2.05, 4.69) is 27.7 Å². The zero-order valence-corrected chi connectivity index (χ0v) is 7.78. The van der Waals surface area contributed by atoms with Gasteiger partial charge in [-0.1, -0.05) is 47.0 Å². The van der Waals surface area contributed by atoms with Crippen molar-refractivity contribution in [3.8, 4) is 0 Å². The van der Waals surface area contributed by atoms with Crippen LogP contribution in [0.15, 0.2) is 0 Å². The minimum atomic E-state index is 0. The predicted octanol–water partition coefficient (Wildman–Crippen LogP) is 2.64. The number of hydrogen-bond donors (Lipinski definition) is 0. The number of rotatable bonds is 4. The summed E-state index contributed by atoms with van der Waals surface area (Å²) in [6.07, 6.45) is 4.15. The zero-order valence-electron chi connectivity index (χ0n) is 7.78. The molecule has 1 atom stereocenters. The smallest absolute Gasteiger partial charge is 0.0445 e. The Morgan fingerprint density at radius 3 is 1.80 bits per heavy atom. The predicted molar refractivity (Wildman–Crippen MR) is 47.1 cm³/mol. The Kier molecular flexibility index (Phi) is 8.92. The fraction of sp³-hybridized carbons (Fsp3) is 1.00. The van der Waals surface area contributed by atoms with E-state index in [-0.39, 0.29) is 5.48 Å². The van der Waals surface area contributed by atoms with E-state index in [0.717, 1.165) is 11.8 Å². The van der Waals surface area contributed by atoms with Gasteiger partial charge in [0.05, 0.1) is 0 Å². The van der Waals surface area contributed by atoms with Gasteiger partial charge in [0.25, 0.3) is 0 Å². The average molecular weight is 146 g/mol. The van der Waals surface area contributed by atoms with Gasteiger partial charge in [-0.3, -0.25) is 0 Å². The molecular weight excluding hydrogens is 124 g/mol. The summed E-state index contributed by atoms with van der Waals surface area (Å²) in [5.74, 6) is 1.83. The highest BCUT2D eigenvalue weighted by molar-refractivity contribution is 4.52.